The highest BCUT2D eigenvalue weighted by atomic mass is 32.1. The maximum absolute atomic E-state index is 16.2. The largest absolute Gasteiger partial charge is 0.678 e. The molecule has 0 atom stereocenters. The van der Waals surface area contributed by atoms with E-state index in [9.17, 15) is 5.26 Å². The molecule has 0 amide bonds. The average Bonchev–Trinajstić information content (AvgIpc) is 1.53. The van der Waals surface area contributed by atoms with Crippen LogP contribution in [0.25, 0.3) is 81.2 Å². The van der Waals surface area contributed by atoms with E-state index in [0.29, 0.717) is 90.8 Å². The summed E-state index contributed by atoms with van der Waals surface area (Å²) in [5.74, 6) is 6.34. The minimum atomic E-state index is -3.29. The van der Waals surface area contributed by atoms with E-state index in [1.54, 1.807) is 109 Å². The van der Waals surface area contributed by atoms with Gasteiger partial charge in [-0.2, -0.15) is 5.26 Å². The van der Waals surface area contributed by atoms with Gasteiger partial charge in [-0.3, -0.25) is 17.3 Å². The zero-order valence-corrected chi connectivity index (χ0v) is 74.4. The highest BCUT2D eigenvalue weighted by Gasteiger charge is 2.53. The van der Waals surface area contributed by atoms with Gasteiger partial charge in [0.25, 0.3) is 0 Å². The van der Waals surface area contributed by atoms with E-state index in [1.165, 1.54) is 0 Å². The summed E-state index contributed by atoms with van der Waals surface area (Å²) in [6.45, 7) is 26.5. The van der Waals surface area contributed by atoms with E-state index in [4.69, 9.17) is 45.5 Å². The van der Waals surface area contributed by atoms with Crippen LogP contribution in [0.15, 0.2) is 337 Å². The van der Waals surface area contributed by atoms with Gasteiger partial charge in [0, 0.05) is 45.9 Å². The number of para-hydroxylation sites is 2. The van der Waals surface area contributed by atoms with Gasteiger partial charge in [-0.05, 0) is 192 Å². The van der Waals surface area contributed by atoms with Crippen molar-refractivity contribution in [3.63, 3.8) is 0 Å². The number of ether oxygens (including phenoxy) is 4. The van der Waals surface area contributed by atoms with Crippen molar-refractivity contribution in [2.24, 2.45) is 33.7 Å². The van der Waals surface area contributed by atoms with Gasteiger partial charge in [0.05, 0.1) is 75.3 Å². The number of hydrogen-bond acceptors (Lipinski definition) is 13. The van der Waals surface area contributed by atoms with Crippen LogP contribution in [0.1, 0.15) is 76.5 Å². The fraction of sp³-hybridized carbons (Fsp3) is 0.154. The molecule has 130 heavy (non-hydrogen) atoms. The van der Waals surface area contributed by atoms with Crippen LogP contribution in [0, 0.1) is 41.6 Å². The lowest BCUT2D eigenvalue weighted by molar-refractivity contribution is 0.271. The summed E-state index contributed by atoms with van der Waals surface area (Å²) in [6, 6.07) is 101. The Hall–Kier alpha value is -14.6. The Morgan fingerprint density at radius 2 is 0.715 bits per heavy atom. The summed E-state index contributed by atoms with van der Waals surface area (Å²) in [5.41, 5.74) is 10.7. The molecule has 0 bridgehead atoms. The van der Waals surface area contributed by atoms with E-state index in [1.807, 2.05) is 64.1 Å². The second kappa shape index (κ2) is 39.3. The van der Waals surface area contributed by atoms with Crippen molar-refractivity contribution in [2.75, 3.05) is 26.4 Å². The molecular weight excluding hydrogens is 1660 g/mol. The van der Waals surface area contributed by atoms with Crippen molar-refractivity contribution in [1.29, 1.82) is 5.26 Å². The normalized spacial score (nSPS) is 13.6. The van der Waals surface area contributed by atoms with E-state index in [2.05, 4.69) is 228 Å². The molecular formula is C104H88B4F4N12O4S2. The number of aromatic nitrogens is 6. The van der Waals surface area contributed by atoms with E-state index in [-0.39, 0.29) is 90.8 Å². The summed E-state index contributed by atoms with van der Waals surface area (Å²) < 4.78 is 92.2. The fourth-order valence-corrected chi connectivity index (χ4v) is 18.2. The minimum Gasteiger partial charge on any atom is -0.493 e. The summed E-state index contributed by atoms with van der Waals surface area (Å²) in [4.78, 5) is 39.2. The van der Waals surface area contributed by atoms with Crippen molar-refractivity contribution in [1.82, 2.24) is 38.5 Å². The van der Waals surface area contributed by atoms with Crippen LogP contribution in [-0.2, 0) is 0 Å². The molecule has 26 heteroatoms. The van der Waals surface area contributed by atoms with E-state index < -0.39 is 14.8 Å². The first kappa shape index (κ1) is 87.5. The minimum absolute atomic E-state index is 0.0734. The lowest BCUT2D eigenvalue weighted by atomic mass is 9.48. The third kappa shape index (κ3) is 18.4. The Kier molecular flexibility index (Phi) is 26.5. The molecule has 0 spiro atoms. The Bertz CT molecular complexity index is 6530. The van der Waals surface area contributed by atoms with E-state index >= 15 is 17.3 Å². The maximum Gasteiger partial charge on any atom is 0.678 e. The van der Waals surface area contributed by atoms with Crippen LogP contribution in [0.2, 0.25) is 0 Å². The van der Waals surface area contributed by atoms with Gasteiger partial charge < -0.3 is 37.5 Å². The van der Waals surface area contributed by atoms with Crippen LogP contribution in [-0.4, -0.2) is 105 Å². The van der Waals surface area contributed by atoms with Gasteiger partial charge in [0.15, 0.2) is 11.6 Å². The van der Waals surface area contributed by atoms with Crippen LogP contribution >= 0.6 is 22.7 Å². The standard InChI is InChI=1S/C60H54B2N6O2.C44H34B2F4N6O2S2/c1-43(2)41-69-51-35-31-45(32-36-51)57-55-56(60(66-54-30-18-20-40-64-54)67(57)61(47-21-9-5-10-22-47)48-23-11-6-12-24-48)58(46-33-37-52(38-34-46)70-42-44(3)4)68(59(55)65-53-29-17-19-39-63-53)62(49-25-13-7-14-26-49)50-27-15-8-16-28-50;1-25(2)23-57-29-18-14-27(15-19-29)39-36-37(42(56(39)46(49)50)38(52-5)44-54-33-11-7-9-13-35(33)60-44)40(28-16-20-30(21-17-28)58-24-26(3)4)55(45(47)48)41(36)31(22-51)43-53-32-10-6-8-12-34(32)59-43/h5-40,43-44H,41-42H2,1-4H3;6-21,25-26H,23-24H2,1-4H3/b;41-31-,42-38+. The molecule has 0 aliphatic carbocycles. The monoisotopic (exact) mass is 1750 g/mol. The molecule has 2 aliphatic rings. The number of nitriles is 1. The molecule has 8 heterocycles. The number of rotatable bonds is 28. The molecule has 10 aromatic carbocycles. The quantitative estimate of drug-likeness (QED) is 0.0261. The van der Waals surface area contributed by atoms with Crippen molar-refractivity contribution >= 4 is 150 Å². The number of hydrogen-bond donors (Lipinski definition) is 0. The number of benzene rings is 10. The van der Waals surface area contributed by atoms with E-state index in [0.717, 1.165) is 101 Å². The molecule has 0 fully saturated rings. The lowest BCUT2D eigenvalue weighted by Crippen LogP contribution is -2.58. The van der Waals surface area contributed by atoms with Gasteiger partial charge in [0.1, 0.15) is 56.3 Å². The molecule has 16 nitrogen and oxygen atoms in total. The molecule has 0 saturated heterocycles. The zero-order valence-electron chi connectivity index (χ0n) is 72.8. The molecule has 0 saturated carbocycles. The number of aliphatic imine (C=N–C) groups is 2. The number of pyridine rings is 2. The average molecular weight is 1750 g/mol. The van der Waals surface area contributed by atoms with Gasteiger partial charge in [-0.25, -0.2) is 34.8 Å². The predicted octanol–water partition coefficient (Wildman–Crippen LogP) is 20.8. The highest BCUT2D eigenvalue weighted by Crippen LogP contribution is 2.51. The Balaban J connectivity index is 0.000000184. The predicted molar refractivity (Wildman–Crippen MR) is 523 cm³/mol. The van der Waals surface area contributed by atoms with Crippen LogP contribution in [0.3, 0.4) is 0 Å². The number of amidine groups is 2. The van der Waals surface area contributed by atoms with Gasteiger partial charge in [-0.1, -0.05) is 235 Å². The molecule has 6 aromatic heterocycles. The molecule has 0 N–H and O–H groups in total. The topological polar surface area (TPSA) is 158 Å². The summed E-state index contributed by atoms with van der Waals surface area (Å²) >= 11 is 2.26. The van der Waals surface area contributed by atoms with Gasteiger partial charge in [-0.15, -0.1) is 22.7 Å². The van der Waals surface area contributed by atoms with Crippen molar-refractivity contribution < 1.29 is 36.2 Å². The second-order valence-corrected chi connectivity index (χ2v) is 35.2. The Labute approximate surface area is 762 Å². The van der Waals surface area contributed by atoms with Crippen LogP contribution < -0.4 is 51.5 Å². The van der Waals surface area contributed by atoms with Crippen molar-refractivity contribution in [3.05, 3.63) is 370 Å². The smallest absolute Gasteiger partial charge is 0.493 e. The molecule has 0 unspecified atom stereocenters. The SMILES string of the molecule is CC(C)COc1ccc(C2=C3C(=Nc4ccccn4)N(B(c4ccccc4)c4ccccc4)C(c4ccc(OCC(C)C)cc4)=C3C(=Nc3ccccn3)N2B(c2ccccc2)c2ccccc2)cc1.[C-]#[N+]/C(c1nc2ccccc2s1)=c1\c2c(-c3ccc(OCC(C)C)cc3)n(B(F)F)/c(=C(/C#N)c3nc4ccccc4s3)c2c(-c2ccc(OCC(C)C)cc2)n1B(F)F. The highest BCUT2D eigenvalue weighted by molar-refractivity contribution is 7.20. The third-order valence-corrected chi connectivity index (χ3v) is 24.0. The van der Waals surface area contributed by atoms with Crippen molar-refractivity contribution in [2.45, 2.75) is 55.4 Å². The molecule has 18 rings (SSSR count). The lowest BCUT2D eigenvalue weighted by Gasteiger charge is -2.35. The molecule has 0 radical (unpaired) electrons. The maximum atomic E-state index is 16.2. The number of halogens is 4. The number of thiazole rings is 2. The Morgan fingerprint density at radius 3 is 1.04 bits per heavy atom. The van der Waals surface area contributed by atoms with Crippen molar-refractivity contribution in [3.8, 4) is 51.6 Å². The number of nitrogens with zero attached hydrogens (tertiary/aromatic N) is 12. The molecule has 2 aliphatic heterocycles. The molecule has 640 valence electrons. The number of fused-ring (bicyclic) bond motifs is 4. The first-order chi connectivity index (χ1) is 63.4. The Morgan fingerprint density at radius 1 is 0.400 bits per heavy atom. The van der Waals surface area contributed by atoms with Crippen LogP contribution in [0.4, 0.5) is 28.9 Å². The summed E-state index contributed by atoms with van der Waals surface area (Å²) in [6.07, 6.45) is 3.60. The van der Waals surface area contributed by atoms with Crippen LogP contribution in [0.5, 0.6) is 23.0 Å². The molecule has 16 aromatic rings. The van der Waals surface area contributed by atoms with Gasteiger partial charge >= 0.3 is 28.5 Å². The summed E-state index contributed by atoms with van der Waals surface area (Å²) in [7, 11) is -6.57. The first-order valence-corrected chi connectivity index (χ1v) is 44.9. The zero-order chi connectivity index (χ0) is 90.1. The summed E-state index contributed by atoms with van der Waals surface area (Å²) in [5, 5.41) is 10.5. The third-order valence-electron chi connectivity index (χ3n) is 21.9. The fourth-order valence-electron chi connectivity index (χ4n) is 16.3. The van der Waals surface area contributed by atoms with Gasteiger partial charge in [0.2, 0.25) is 5.70 Å². The first-order valence-electron chi connectivity index (χ1n) is 43.2. The second-order valence-electron chi connectivity index (χ2n) is 33.2.